The van der Waals surface area contributed by atoms with Crippen molar-refractivity contribution in [3.63, 3.8) is 0 Å². The van der Waals surface area contributed by atoms with E-state index in [0.717, 1.165) is 13.0 Å². The monoisotopic (exact) mass is 371 g/mol. The van der Waals surface area contributed by atoms with Gasteiger partial charge in [0.1, 0.15) is 0 Å². The fourth-order valence-electron chi connectivity index (χ4n) is 2.38. The van der Waals surface area contributed by atoms with Crippen molar-refractivity contribution in [3.8, 4) is 0 Å². The second kappa shape index (κ2) is 7.35. The lowest BCUT2D eigenvalue weighted by molar-refractivity contribution is 0.130. The maximum absolute atomic E-state index is 6.72. The van der Waals surface area contributed by atoms with E-state index in [-0.39, 0.29) is 22.2 Å². The van der Waals surface area contributed by atoms with Crippen LogP contribution in [0.1, 0.15) is 48.0 Å². The van der Waals surface area contributed by atoms with Gasteiger partial charge >= 0.3 is 0 Å². The van der Waals surface area contributed by atoms with Crippen molar-refractivity contribution >= 4 is 16.6 Å². The molecule has 0 spiro atoms. The minimum Gasteiger partial charge on any atom is -0.415 e. The largest absolute Gasteiger partial charge is 0.415 e. The average Bonchev–Trinajstić information content (AvgIpc) is 2.75. The van der Waals surface area contributed by atoms with E-state index in [0.29, 0.717) is 6.04 Å². The molecule has 1 fully saturated rings. The Morgan fingerprint density at radius 2 is 1.50 bits per heavy atom. The Kier molecular flexibility index (Phi) is 6.77. The molecule has 1 N–H and O–H groups in total. The molecule has 5 heteroatoms. The summed E-state index contributed by atoms with van der Waals surface area (Å²) >= 11 is 0. The van der Waals surface area contributed by atoms with Crippen LogP contribution in [-0.2, 0) is 8.85 Å². The van der Waals surface area contributed by atoms with Gasteiger partial charge < -0.3 is 14.2 Å². The molecule has 0 aliphatic carbocycles. The van der Waals surface area contributed by atoms with Crippen LogP contribution in [0.2, 0.25) is 36.3 Å². The topological polar surface area (TPSA) is 30.5 Å². The molecule has 1 rings (SSSR count). The standard InChI is InChI=1S/C19H41NO2Si2/c1-12-15-13-17(22-24(10,11)19(5,6)7)16(20-15)14-21-23(8,9)18(2,3)4/h12,15-17,20H,1,13-14H2,2-11H3/t15-,16-,17+/m0/s1. The van der Waals surface area contributed by atoms with Gasteiger partial charge in [0.2, 0.25) is 0 Å². The molecule has 1 heterocycles. The average molecular weight is 372 g/mol. The Labute approximate surface area is 152 Å². The van der Waals surface area contributed by atoms with Gasteiger partial charge in [-0.05, 0) is 42.7 Å². The molecule has 0 aromatic rings. The van der Waals surface area contributed by atoms with Gasteiger partial charge in [-0.3, -0.25) is 0 Å². The molecule has 0 aromatic heterocycles. The van der Waals surface area contributed by atoms with Crippen LogP contribution < -0.4 is 5.32 Å². The first-order valence-electron chi connectivity index (χ1n) is 9.31. The third-order valence-corrected chi connectivity index (χ3v) is 15.3. The predicted octanol–water partition coefficient (Wildman–Crippen LogP) is 5.32. The van der Waals surface area contributed by atoms with E-state index in [4.69, 9.17) is 8.85 Å². The zero-order chi connectivity index (χ0) is 19.0. The SMILES string of the molecule is C=C[C@H]1C[C@@H](O[Si](C)(C)C(C)(C)C)[C@H](CO[Si](C)(C)C(C)(C)C)N1. The van der Waals surface area contributed by atoms with Crippen molar-refractivity contribution in [2.75, 3.05) is 6.61 Å². The van der Waals surface area contributed by atoms with E-state index in [1.165, 1.54) is 0 Å². The lowest BCUT2D eigenvalue weighted by Gasteiger charge is -2.41. The Hall–Kier alpha value is 0.0538. The molecule has 3 atom stereocenters. The quantitative estimate of drug-likeness (QED) is 0.506. The van der Waals surface area contributed by atoms with Gasteiger partial charge in [0.15, 0.2) is 16.6 Å². The molecule has 0 aromatic carbocycles. The lowest BCUT2D eigenvalue weighted by Crippen LogP contribution is -2.50. The van der Waals surface area contributed by atoms with Crippen LogP contribution in [0.3, 0.4) is 0 Å². The van der Waals surface area contributed by atoms with Crippen molar-refractivity contribution in [1.29, 1.82) is 0 Å². The first-order chi connectivity index (χ1) is 10.6. The minimum atomic E-state index is -1.78. The number of hydrogen-bond donors (Lipinski definition) is 1. The fourth-order valence-corrected chi connectivity index (χ4v) is 4.78. The van der Waals surface area contributed by atoms with Crippen molar-refractivity contribution in [3.05, 3.63) is 12.7 Å². The molecule has 1 saturated heterocycles. The first-order valence-corrected chi connectivity index (χ1v) is 15.1. The lowest BCUT2D eigenvalue weighted by atomic mass is 10.1. The number of hydrogen-bond acceptors (Lipinski definition) is 3. The van der Waals surface area contributed by atoms with Crippen LogP contribution >= 0.6 is 0 Å². The molecule has 1 aliphatic rings. The summed E-state index contributed by atoms with van der Waals surface area (Å²) in [4.78, 5) is 0. The second-order valence-corrected chi connectivity index (χ2v) is 19.9. The third kappa shape index (κ3) is 5.27. The molecule has 24 heavy (non-hydrogen) atoms. The highest BCUT2D eigenvalue weighted by atomic mass is 28.4. The number of nitrogens with one attached hydrogen (secondary N) is 1. The normalized spacial score (nSPS) is 26.7. The molecule has 0 amide bonds. The van der Waals surface area contributed by atoms with Crippen LogP contribution in [-0.4, -0.2) is 41.4 Å². The zero-order valence-electron chi connectivity index (χ0n) is 17.7. The van der Waals surface area contributed by atoms with Crippen LogP contribution in [0.15, 0.2) is 12.7 Å². The molecule has 142 valence electrons. The van der Waals surface area contributed by atoms with Crippen molar-refractivity contribution < 1.29 is 8.85 Å². The van der Waals surface area contributed by atoms with E-state index in [1.807, 2.05) is 6.08 Å². The van der Waals surface area contributed by atoms with Crippen molar-refractivity contribution in [2.45, 2.75) is 102 Å². The van der Waals surface area contributed by atoms with Gasteiger partial charge in [-0.15, -0.1) is 6.58 Å². The molecule has 0 saturated carbocycles. The van der Waals surface area contributed by atoms with E-state index in [9.17, 15) is 0 Å². The number of rotatable bonds is 6. The fraction of sp³-hybridized carbons (Fsp3) is 0.895. The summed E-state index contributed by atoms with van der Waals surface area (Å²) in [5.74, 6) is 0. The summed E-state index contributed by atoms with van der Waals surface area (Å²) < 4.78 is 13.2. The summed E-state index contributed by atoms with van der Waals surface area (Å²) in [7, 11) is -3.52. The van der Waals surface area contributed by atoms with Gasteiger partial charge in [-0.2, -0.15) is 0 Å². The predicted molar refractivity (Wildman–Crippen MR) is 111 cm³/mol. The van der Waals surface area contributed by atoms with E-state index in [2.05, 4.69) is 79.6 Å². The van der Waals surface area contributed by atoms with Crippen LogP contribution in [0, 0.1) is 0 Å². The van der Waals surface area contributed by atoms with Gasteiger partial charge in [0.25, 0.3) is 0 Å². The highest BCUT2D eigenvalue weighted by Crippen LogP contribution is 2.40. The second-order valence-electron chi connectivity index (χ2n) is 10.3. The molecule has 0 bridgehead atoms. The minimum absolute atomic E-state index is 0.221. The zero-order valence-corrected chi connectivity index (χ0v) is 19.7. The maximum atomic E-state index is 6.72. The molecule has 3 nitrogen and oxygen atoms in total. The Morgan fingerprint density at radius 1 is 1.00 bits per heavy atom. The van der Waals surface area contributed by atoms with Crippen molar-refractivity contribution in [1.82, 2.24) is 5.32 Å². The maximum Gasteiger partial charge on any atom is 0.192 e. The van der Waals surface area contributed by atoms with Crippen molar-refractivity contribution in [2.24, 2.45) is 0 Å². The van der Waals surface area contributed by atoms with E-state index in [1.54, 1.807) is 0 Å². The van der Waals surface area contributed by atoms with Crippen LogP contribution in [0.25, 0.3) is 0 Å². The summed E-state index contributed by atoms with van der Waals surface area (Å²) in [6, 6.07) is 0.587. The molecule has 0 unspecified atom stereocenters. The third-order valence-electron chi connectivity index (χ3n) is 6.33. The molecule has 0 radical (unpaired) electrons. The van der Waals surface area contributed by atoms with Gasteiger partial charge in [0, 0.05) is 6.04 Å². The van der Waals surface area contributed by atoms with E-state index >= 15 is 0 Å². The molecule has 1 aliphatic heterocycles. The van der Waals surface area contributed by atoms with Crippen LogP contribution in [0.4, 0.5) is 0 Å². The van der Waals surface area contributed by atoms with Gasteiger partial charge in [-0.25, -0.2) is 0 Å². The Balaban J connectivity index is 2.82. The summed E-state index contributed by atoms with van der Waals surface area (Å²) in [6.45, 7) is 27.8. The molecular weight excluding hydrogens is 330 g/mol. The van der Waals surface area contributed by atoms with Gasteiger partial charge in [0.05, 0.1) is 18.8 Å². The Bertz CT molecular complexity index is 436. The smallest absolute Gasteiger partial charge is 0.192 e. The summed E-state index contributed by atoms with van der Waals surface area (Å²) in [5, 5.41) is 4.13. The molecular formula is C19H41NO2Si2. The summed E-state index contributed by atoms with van der Waals surface area (Å²) in [6.07, 6.45) is 3.23. The highest BCUT2D eigenvalue weighted by Gasteiger charge is 2.44. The van der Waals surface area contributed by atoms with Crippen LogP contribution in [0.5, 0.6) is 0 Å². The van der Waals surface area contributed by atoms with E-state index < -0.39 is 16.6 Å². The Morgan fingerprint density at radius 3 is 1.92 bits per heavy atom. The first kappa shape index (κ1) is 22.1. The van der Waals surface area contributed by atoms with Gasteiger partial charge in [-0.1, -0.05) is 47.6 Å². The summed E-state index contributed by atoms with van der Waals surface area (Å²) in [5.41, 5.74) is 0. The highest BCUT2D eigenvalue weighted by molar-refractivity contribution is 6.74.